The lowest BCUT2D eigenvalue weighted by Gasteiger charge is -2.18. The van der Waals surface area contributed by atoms with E-state index in [4.69, 9.17) is 14.2 Å². The highest BCUT2D eigenvalue weighted by Gasteiger charge is 2.19. The van der Waals surface area contributed by atoms with E-state index in [9.17, 15) is 14.4 Å². The Bertz CT molecular complexity index is 1290. The lowest BCUT2D eigenvalue weighted by Crippen LogP contribution is -2.30. The minimum atomic E-state index is -0.776. The molecule has 0 fully saturated rings. The molecule has 0 amide bonds. The van der Waals surface area contributed by atoms with Crippen molar-refractivity contribution >= 4 is 17.9 Å². The second kappa shape index (κ2) is 66.1. The molecule has 77 heavy (non-hydrogen) atoms. The van der Waals surface area contributed by atoms with Crippen LogP contribution in [0.15, 0.2) is 36.5 Å². The molecule has 0 aliphatic heterocycles. The van der Waals surface area contributed by atoms with E-state index in [-0.39, 0.29) is 31.1 Å². The minimum Gasteiger partial charge on any atom is -0.462 e. The number of hydrogen-bond acceptors (Lipinski definition) is 6. The molecule has 0 aromatic carbocycles. The van der Waals surface area contributed by atoms with E-state index in [0.29, 0.717) is 19.3 Å². The highest BCUT2D eigenvalue weighted by atomic mass is 16.6. The van der Waals surface area contributed by atoms with Gasteiger partial charge in [0.05, 0.1) is 0 Å². The van der Waals surface area contributed by atoms with Crippen LogP contribution in [0.2, 0.25) is 0 Å². The van der Waals surface area contributed by atoms with Gasteiger partial charge >= 0.3 is 17.9 Å². The van der Waals surface area contributed by atoms with Crippen LogP contribution in [0.1, 0.15) is 380 Å². The van der Waals surface area contributed by atoms with Crippen molar-refractivity contribution in [2.45, 2.75) is 386 Å². The first-order valence-electron chi connectivity index (χ1n) is 34.5. The number of carbonyl (C=O) groups excluding carboxylic acids is 3. The van der Waals surface area contributed by atoms with Crippen LogP contribution >= 0.6 is 0 Å². The van der Waals surface area contributed by atoms with Gasteiger partial charge in [0.1, 0.15) is 13.2 Å². The standard InChI is InChI=1S/C71H132O6/c1-4-7-10-13-16-19-22-24-26-28-30-31-32-33-34-35-36-37-38-39-41-42-44-46-49-52-55-58-61-64-70(73)76-67-68(66-75-69(72)63-60-57-54-51-48-21-18-15-12-9-6-3)77-71(74)65-62-59-56-53-50-47-45-43-40-29-27-25-23-20-17-14-11-8-5-2/h17,20,25,27,40,43,68H,4-16,18-19,21-24,26,28-39,41-42,44-67H2,1-3H3/b20-17-,27-25-,43-40-. The fourth-order valence-corrected chi connectivity index (χ4v) is 10.5. The van der Waals surface area contributed by atoms with Gasteiger partial charge in [0.25, 0.3) is 0 Å². The molecule has 0 aromatic heterocycles. The second-order valence-corrected chi connectivity index (χ2v) is 23.5. The maximum atomic E-state index is 12.9. The molecular weight excluding hydrogens is 949 g/mol. The summed E-state index contributed by atoms with van der Waals surface area (Å²) in [6, 6.07) is 0. The largest absolute Gasteiger partial charge is 0.462 e. The van der Waals surface area contributed by atoms with E-state index in [1.807, 2.05) is 0 Å². The highest BCUT2D eigenvalue weighted by Crippen LogP contribution is 2.18. The Morgan fingerprint density at radius 1 is 0.260 bits per heavy atom. The molecule has 0 saturated heterocycles. The third-order valence-corrected chi connectivity index (χ3v) is 15.6. The summed E-state index contributed by atoms with van der Waals surface area (Å²) in [4.78, 5) is 38.3. The monoisotopic (exact) mass is 1080 g/mol. The lowest BCUT2D eigenvalue weighted by atomic mass is 10.0. The first kappa shape index (κ1) is 74.6. The zero-order valence-electron chi connectivity index (χ0n) is 52.0. The fraction of sp³-hybridized carbons (Fsp3) is 0.873. The van der Waals surface area contributed by atoms with E-state index < -0.39 is 6.10 Å². The van der Waals surface area contributed by atoms with E-state index >= 15 is 0 Å². The Hall–Kier alpha value is -2.37. The first-order valence-corrected chi connectivity index (χ1v) is 34.5. The van der Waals surface area contributed by atoms with Crippen molar-refractivity contribution in [3.8, 4) is 0 Å². The summed E-state index contributed by atoms with van der Waals surface area (Å²) in [6.07, 6.45) is 81.8. The molecule has 0 bridgehead atoms. The number of rotatable bonds is 64. The zero-order valence-corrected chi connectivity index (χ0v) is 52.0. The fourth-order valence-electron chi connectivity index (χ4n) is 10.5. The van der Waals surface area contributed by atoms with Crippen LogP contribution in [0.5, 0.6) is 0 Å². The van der Waals surface area contributed by atoms with Gasteiger partial charge in [-0.15, -0.1) is 0 Å². The first-order chi connectivity index (χ1) is 38.0. The van der Waals surface area contributed by atoms with Gasteiger partial charge in [0, 0.05) is 19.3 Å². The second-order valence-electron chi connectivity index (χ2n) is 23.5. The van der Waals surface area contributed by atoms with Gasteiger partial charge < -0.3 is 14.2 Å². The van der Waals surface area contributed by atoms with Crippen LogP contribution in [0.4, 0.5) is 0 Å². The maximum Gasteiger partial charge on any atom is 0.306 e. The SMILES string of the molecule is CCCCC/C=C\C/C=C\C/C=C\CCCCCCCCC(=O)OC(COC(=O)CCCCCCCCCCCCC)COC(=O)CCCCCCCCCCCCCCCCCCCCCCCCCCCCCCC. The van der Waals surface area contributed by atoms with Gasteiger partial charge in [0.15, 0.2) is 6.10 Å². The van der Waals surface area contributed by atoms with Gasteiger partial charge in [-0.2, -0.15) is 0 Å². The summed E-state index contributed by atoms with van der Waals surface area (Å²) in [5, 5.41) is 0. The van der Waals surface area contributed by atoms with E-state index in [0.717, 1.165) is 77.0 Å². The quantitative estimate of drug-likeness (QED) is 0.0261. The van der Waals surface area contributed by atoms with Gasteiger partial charge in [-0.1, -0.05) is 340 Å². The normalized spacial score (nSPS) is 12.2. The summed E-state index contributed by atoms with van der Waals surface area (Å²) in [6.45, 7) is 6.66. The zero-order chi connectivity index (χ0) is 55.7. The molecule has 0 aliphatic rings. The van der Waals surface area contributed by atoms with Gasteiger partial charge in [-0.3, -0.25) is 14.4 Å². The molecule has 1 unspecified atom stereocenters. The molecule has 0 heterocycles. The van der Waals surface area contributed by atoms with Crippen LogP contribution in [-0.4, -0.2) is 37.2 Å². The molecular formula is C71H132O6. The average Bonchev–Trinajstić information content (AvgIpc) is 3.43. The molecule has 1 atom stereocenters. The number of esters is 3. The molecule has 0 N–H and O–H groups in total. The van der Waals surface area contributed by atoms with E-state index in [1.54, 1.807) is 0 Å². The van der Waals surface area contributed by atoms with Crippen molar-refractivity contribution in [1.29, 1.82) is 0 Å². The van der Waals surface area contributed by atoms with E-state index in [2.05, 4.69) is 57.2 Å². The molecule has 0 radical (unpaired) electrons. The summed E-state index contributed by atoms with van der Waals surface area (Å²) >= 11 is 0. The summed E-state index contributed by atoms with van der Waals surface area (Å²) in [5.41, 5.74) is 0. The summed E-state index contributed by atoms with van der Waals surface area (Å²) < 4.78 is 16.9. The van der Waals surface area contributed by atoms with Crippen molar-refractivity contribution in [2.75, 3.05) is 13.2 Å². The van der Waals surface area contributed by atoms with Crippen molar-refractivity contribution in [1.82, 2.24) is 0 Å². The third-order valence-electron chi connectivity index (χ3n) is 15.6. The topological polar surface area (TPSA) is 78.9 Å². The minimum absolute atomic E-state index is 0.0723. The predicted molar refractivity (Wildman–Crippen MR) is 335 cm³/mol. The molecule has 0 rings (SSSR count). The molecule has 0 spiro atoms. The third kappa shape index (κ3) is 64.3. The average molecular weight is 1080 g/mol. The molecule has 6 nitrogen and oxygen atoms in total. The van der Waals surface area contributed by atoms with Crippen LogP contribution in [0.3, 0.4) is 0 Å². The molecule has 0 aromatic rings. The van der Waals surface area contributed by atoms with Crippen LogP contribution in [0, 0.1) is 0 Å². The van der Waals surface area contributed by atoms with Crippen molar-refractivity contribution in [3.05, 3.63) is 36.5 Å². The molecule has 0 aliphatic carbocycles. The highest BCUT2D eigenvalue weighted by molar-refractivity contribution is 5.71. The number of allylic oxidation sites excluding steroid dienone is 6. The van der Waals surface area contributed by atoms with Crippen LogP contribution in [-0.2, 0) is 28.6 Å². The Morgan fingerprint density at radius 2 is 0.468 bits per heavy atom. The number of unbranched alkanes of at least 4 members (excludes halogenated alkanes) is 47. The van der Waals surface area contributed by atoms with Crippen molar-refractivity contribution in [3.63, 3.8) is 0 Å². The Kier molecular flexibility index (Phi) is 64.1. The van der Waals surface area contributed by atoms with Crippen molar-refractivity contribution in [2.24, 2.45) is 0 Å². The van der Waals surface area contributed by atoms with Gasteiger partial charge in [-0.25, -0.2) is 0 Å². The number of ether oxygens (including phenoxy) is 3. The lowest BCUT2D eigenvalue weighted by molar-refractivity contribution is -0.167. The van der Waals surface area contributed by atoms with Gasteiger partial charge in [-0.05, 0) is 57.8 Å². The molecule has 452 valence electrons. The Labute approximate surface area is 480 Å². The maximum absolute atomic E-state index is 12.9. The van der Waals surface area contributed by atoms with Crippen molar-refractivity contribution < 1.29 is 28.6 Å². The summed E-state index contributed by atoms with van der Waals surface area (Å²) in [7, 11) is 0. The van der Waals surface area contributed by atoms with E-state index in [1.165, 1.54) is 263 Å². The Balaban J connectivity index is 4.15. The number of carbonyl (C=O) groups is 3. The molecule has 0 saturated carbocycles. The van der Waals surface area contributed by atoms with Crippen LogP contribution < -0.4 is 0 Å². The van der Waals surface area contributed by atoms with Crippen LogP contribution in [0.25, 0.3) is 0 Å². The number of hydrogen-bond donors (Lipinski definition) is 0. The Morgan fingerprint density at radius 3 is 0.753 bits per heavy atom. The smallest absolute Gasteiger partial charge is 0.306 e. The predicted octanol–water partition coefficient (Wildman–Crippen LogP) is 23.6. The molecule has 6 heteroatoms. The summed E-state index contributed by atoms with van der Waals surface area (Å²) in [5.74, 6) is -0.860. The van der Waals surface area contributed by atoms with Gasteiger partial charge in [0.2, 0.25) is 0 Å².